The van der Waals surface area contributed by atoms with E-state index in [4.69, 9.17) is 10.7 Å². The van der Waals surface area contributed by atoms with E-state index in [0.717, 1.165) is 36.1 Å². The lowest BCUT2D eigenvalue weighted by Crippen LogP contribution is -2.35. The summed E-state index contributed by atoms with van der Waals surface area (Å²) in [6, 6.07) is 0. The number of nitrogen functional groups attached to an aromatic ring is 1. The summed E-state index contributed by atoms with van der Waals surface area (Å²) in [5.74, 6) is 3.47. The maximum atomic E-state index is 6.03. The van der Waals surface area contributed by atoms with Gasteiger partial charge in [-0.3, -0.25) is 0 Å². The van der Waals surface area contributed by atoms with Crippen molar-refractivity contribution in [2.45, 2.75) is 39.8 Å². The van der Waals surface area contributed by atoms with Gasteiger partial charge in [0.15, 0.2) is 5.82 Å². The lowest BCUT2D eigenvalue weighted by Gasteiger charge is -2.29. The molecule has 2 N–H and O–H groups in total. The fourth-order valence-corrected chi connectivity index (χ4v) is 2.35. The van der Waals surface area contributed by atoms with Crippen molar-refractivity contribution in [2.24, 2.45) is 0 Å². The predicted molar refractivity (Wildman–Crippen MR) is 76.3 cm³/mol. The van der Waals surface area contributed by atoms with Crippen molar-refractivity contribution in [1.29, 1.82) is 0 Å². The molecule has 3 heterocycles. The Kier molecular flexibility index (Phi) is 3.04. The van der Waals surface area contributed by atoms with E-state index >= 15 is 0 Å². The molecule has 0 saturated heterocycles. The number of anilines is 2. The number of nitrogens with zero attached hydrogens (tertiary/aromatic N) is 6. The van der Waals surface area contributed by atoms with Crippen LogP contribution >= 0.6 is 0 Å². The molecular weight excluding hydrogens is 254 g/mol. The van der Waals surface area contributed by atoms with Crippen LogP contribution in [0.2, 0.25) is 0 Å². The third-order valence-corrected chi connectivity index (χ3v) is 3.63. The lowest BCUT2D eigenvalue weighted by molar-refractivity contribution is 0.553. The molecule has 20 heavy (non-hydrogen) atoms. The van der Waals surface area contributed by atoms with E-state index in [-0.39, 0.29) is 5.92 Å². The highest BCUT2D eigenvalue weighted by Crippen LogP contribution is 2.26. The van der Waals surface area contributed by atoms with Gasteiger partial charge in [-0.15, -0.1) is 10.2 Å². The molecule has 3 rings (SSSR count). The van der Waals surface area contributed by atoms with Crippen molar-refractivity contribution < 1.29 is 0 Å². The van der Waals surface area contributed by atoms with Crippen LogP contribution in [0.25, 0.3) is 0 Å². The highest BCUT2D eigenvalue weighted by Gasteiger charge is 2.22. The molecule has 0 unspecified atom stereocenters. The Labute approximate surface area is 117 Å². The Bertz CT molecular complexity index is 632. The molecule has 0 spiro atoms. The highest BCUT2D eigenvalue weighted by atomic mass is 15.3. The SMILES string of the molecule is Cc1c(N)nc(C(C)C)nc1N1CCn2cnnc2C1. The van der Waals surface area contributed by atoms with Gasteiger partial charge in [-0.05, 0) is 6.92 Å². The van der Waals surface area contributed by atoms with Gasteiger partial charge < -0.3 is 15.2 Å². The second kappa shape index (κ2) is 4.73. The maximum Gasteiger partial charge on any atom is 0.152 e. The van der Waals surface area contributed by atoms with Crippen LogP contribution in [0.5, 0.6) is 0 Å². The molecule has 0 aliphatic carbocycles. The molecule has 7 nitrogen and oxygen atoms in total. The minimum absolute atomic E-state index is 0.255. The molecule has 0 atom stereocenters. The first-order chi connectivity index (χ1) is 9.56. The van der Waals surface area contributed by atoms with Crippen molar-refractivity contribution in [3.8, 4) is 0 Å². The Hall–Kier alpha value is -2.18. The normalized spacial score (nSPS) is 14.7. The largest absolute Gasteiger partial charge is 0.383 e. The fourth-order valence-electron chi connectivity index (χ4n) is 2.35. The average molecular weight is 273 g/mol. The minimum atomic E-state index is 0.255. The van der Waals surface area contributed by atoms with Crippen LogP contribution < -0.4 is 10.6 Å². The Morgan fingerprint density at radius 2 is 2.05 bits per heavy atom. The molecule has 106 valence electrons. The highest BCUT2D eigenvalue weighted by molar-refractivity contribution is 5.56. The Morgan fingerprint density at radius 3 is 2.80 bits per heavy atom. The lowest BCUT2D eigenvalue weighted by atomic mass is 10.2. The zero-order chi connectivity index (χ0) is 14.3. The van der Waals surface area contributed by atoms with Gasteiger partial charge in [0, 0.05) is 24.6 Å². The molecule has 0 fully saturated rings. The molecule has 1 aliphatic heterocycles. The second-order valence-corrected chi connectivity index (χ2v) is 5.43. The fraction of sp³-hybridized carbons (Fsp3) is 0.538. The molecule has 0 amide bonds. The van der Waals surface area contributed by atoms with Crippen molar-refractivity contribution in [3.63, 3.8) is 0 Å². The summed E-state index contributed by atoms with van der Waals surface area (Å²) in [5, 5.41) is 8.09. The van der Waals surface area contributed by atoms with Crippen LogP contribution in [0, 0.1) is 6.92 Å². The summed E-state index contributed by atoms with van der Waals surface area (Å²) in [6.45, 7) is 8.55. The van der Waals surface area contributed by atoms with Crippen molar-refractivity contribution in [2.75, 3.05) is 17.2 Å². The summed E-state index contributed by atoms with van der Waals surface area (Å²) in [6.07, 6.45) is 1.77. The standard InChI is InChI=1S/C13H19N7/c1-8(2)12-16-11(14)9(3)13(17-12)19-4-5-20-7-15-18-10(20)6-19/h7-8H,4-6H2,1-3H3,(H2,14,16,17). The van der Waals surface area contributed by atoms with Gasteiger partial charge in [-0.2, -0.15) is 0 Å². The monoisotopic (exact) mass is 273 g/mol. The molecule has 2 aromatic rings. The van der Waals surface area contributed by atoms with E-state index < -0.39 is 0 Å². The summed E-state index contributed by atoms with van der Waals surface area (Å²) >= 11 is 0. The molecule has 7 heteroatoms. The van der Waals surface area contributed by atoms with E-state index in [9.17, 15) is 0 Å². The second-order valence-electron chi connectivity index (χ2n) is 5.43. The molecule has 0 saturated carbocycles. The van der Waals surface area contributed by atoms with Gasteiger partial charge in [-0.25, -0.2) is 9.97 Å². The zero-order valence-corrected chi connectivity index (χ0v) is 12.0. The molecule has 0 radical (unpaired) electrons. The topological polar surface area (TPSA) is 85.8 Å². The number of hydrogen-bond donors (Lipinski definition) is 1. The van der Waals surface area contributed by atoms with Gasteiger partial charge >= 0.3 is 0 Å². The van der Waals surface area contributed by atoms with Crippen LogP contribution in [-0.4, -0.2) is 31.3 Å². The van der Waals surface area contributed by atoms with Crippen LogP contribution in [-0.2, 0) is 13.1 Å². The maximum absolute atomic E-state index is 6.03. The summed E-state index contributed by atoms with van der Waals surface area (Å²) in [5.41, 5.74) is 6.96. The number of aromatic nitrogens is 5. The first-order valence-corrected chi connectivity index (χ1v) is 6.82. The van der Waals surface area contributed by atoms with Crippen molar-refractivity contribution in [1.82, 2.24) is 24.7 Å². The molecule has 2 aromatic heterocycles. The van der Waals surface area contributed by atoms with Gasteiger partial charge in [-0.1, -0.05) is 13.8 Å². The first-order valence-electron chi connectivity index (χ1n) is 6.82. The van der Waals surface area contributed by atoms with E-state index in [2.05, 4.69) is 38.5 Å². The summed E-state index contributed by atoms with van der Waals surface area (Å²) < 4.78 is 2.07. The van der Waals surface area contributed by atoms with E-state index in [1.165, 1.54) is 0 Å². The molecular formula is C13H19N7. The number of rotatable bonds is 2. The van der Waals surface area contributed by atoms with Gasteiger partial charge in [0.25, 0.3) is 0 Å². The van der Waals surface area contributed by atoms with Crippen LogP contribution in [0.15, 0.2) is 6.33 Å². The van der Waals surface area contributed by atoms with Crippen LogP contribution in [0.1, 0.15) is 37.0 Å². The van der Waals surface area contributed by atoms with E-state index in [0.29, 0.717) is 12.4 Å². The molecule has 0 bridgehead atoms. The number of hydrogen-bond acceptors (Lipinski definition) is 6. The van der Waals surface area contributed by atoms with E-state index in [1.54, 1.807) is 6.33 Å². The summed E-state index contributed by atoms with van der Waals surface area (Å²) in [4.78, 5) is 11.3. The average Bonchev–Trinajstić information content (AvgIpc) is 2.88. The van der Waals surface area contributed by atoms with Crippen LogP contribution in [0.4, 0.5) is 11.6 Å². The van der Waals surface area contributed by atoms with Crippen molar-refractivity contribution >= 4 is 11.6 Å². The first kappa shape index (κ1) is 12.8. The molecule has 1 aliphatic rings. The third-order valence-electron chi connectivity index (χ3n) is 3.63. The Balaban J connectivity index is 1.98. The zero-order valence-electron chi connectivity index (χ0n) is 12.0. The number of nitrogens with two attached hydrogens (primary N) is 1. The van der Waals surface area contributed by atoms with Crippen LogP contribution in [0.3, 0.4) is 0 Å². The Morgan fingerprint density at radius 1 is 1.25 bits per heavy atom. The molecule has 0 aromatic carbocycles. The van der Waals surface area contributed by atoms with Gasteiger partial charge in [0.05, 0.1) is 6.54 Å². The minimum Gasteiger partial charge on any atom is -0.383 e. The summed E-state index contributed by atoms with van der Waals surface area (Å²) in [7, 11) is 0. The van der Waals surface area contributed by atoms with Crippen molar-refractivity contribution in [3.05, 3.63) is 23.5 Å². The van der Waals surface area contributed by atoms with Gasteiger partial charge in [0.2, 0.25) is 0 Å². The third kappa shape index (κ3) is 2.09. The predicted octanol–water partition coefficient (Wildman–Crippen LogP) is 1.10. The van der Waals surface area contributed by atoms with E-state index in [1.807, 2.05) is 6.92 Å². The quantitative estimate of drug-likeness (QED) is 0.882. The number of fused-ring (bicyclic) bond motifs is 1. The smallest absolute Gasteiger partial charge is 0.152 e. The van der Waals surface area contributed by atoms with Gasteiger partial charge in [0.1, 0.15) is 23.8 Å².